The molecular weight excluding hydrogens is 318 g/mol. The Morgan fingerprint density at radius 2 is 1.12 bits per heavy atom. The lowest BCUT2D eigenvalue weighted by Gasteiger charge is -2.36. The van der Waals surface area contributed by atoms with Gasteiger partial charge in [0.15, 0.2) is 0 Å². The molecule has 2 nitrogen and oxygen atoms in total. The summed E-state index contributed by atoms with van der Waals surface area (Å²) >= 11 is 0. The zero-order chi connectivity index (χ0) is 18.0. The van der Waals surface area contributed by atoms with Crippen molar-refractivity contribution in [3.8, 4) is 0 Å². The lowest BCUT2D eigenvalue weighted by atomic mass is 9.77. The molecule has 4 aromatic carbocycles. The van der Waals surface area contributed by atoms with Gasteiger partial charge in [0.25, 0.3) is 0 Å². The Kier molecular flexibility index (Phi) is 4.29. The molecule has 0 saturated carbocycles. The summed E-state index contributed by atoms with van der Waals surface area (Å²) in [6, 6.07) is 32.9. The van der Waals surface area contributed by atoms with Crippen LogP contribution in [0, 0.1) is 0 Å². The van der Waals surface area contributed by atoms with Gasteiger partial charge in [-0.05, 0) is 27.5 Å². The van der Waals surface area contributed by atoms with E-state index in [-0.39, 0.29) is 0 Å². The lowest BCUT2D eigenvalue weighted by molar-refractivity contribution is 0.0517. The molecule has 3 N–H and O–H groups in total. The first kappa shape index (κ1) is 16.5. The van der Waals surface area contributed by atoms with Crippen molar-refractivity contribution in [3.05, 3.63) is 120 Å². The molecule has 0 aliphatic rings. The van der Waals surface area contributed by atoms with Crippen molar-refractivity contribution in [3.63, 3.8) is 0 Å². The van der Waals surface area contributed by atoms with Gasteiger partial charge in [-0.3, -0.25) is 0 Å². The molecule has 4 aromatic rings. The largest absolute Gasteiger partial charge is 0.378 e. The van der Waals surface area contributed by atoms with E-state index >= 15 is 0 Å². The molecule has 0 amide bonds. The van der Waals surface area contributed by atoms with Crippen LogP contribution in [-0.2, 0) is 5.60 Å². The van der Waals surface area contributed by atoms with Crippen molar-refractivity contribution in [1.82, 2.24) is 0 Å². The minimum absolute atomic E-state index is 0.613. The molecular formula is C24H21NO. The van der Waals surface area contributed by atoms with E-state index in [4.69, 9.17) is 5.73 Å². The molecule has 0 spiro atoms. The van der Waals surface area contributed by atoms with Gasteiger partial charge in [0, 0.05) is 0 Å². The average Bonchev–Trinajstić information content (AvgIpc) is 2.73. The zero-order valence-corrected chi connectivity index (χ0v) is 14.4. The summed E-state index contributed by atoms with van der Waals surface area (Å²) in [5.41, 5.74) is 7.92. The number of fused-ring (bicyclic) bond motifs is 1. The van der Waals surface area contributed by atoms with Crippen molar-refractivity contribution in [2.75, 3.05) is 0 Å². The Labute approximate surface area is 153 Å². The number of hydrogen-bond acceptors (Lipinski definition) is 2. The summed E-state index contributed by atoms with van der Waals surface area (Å²) in [4.78, 5) is 0. The van der Waals surface area contributed by atoms with E-state index in [0.717, 1.165) is 27.5 Å². The van der Waals surface area contributed by atoms with E-state index in [1.165, 1.54) is 0 Å². The third-order valence-corrected chi connectivity index (χ3v) is 5.04. The van der Waals surface area contributed by atoms with Crippen LogP contribution in [0.15, 0.2) is 103 Å². The normalized spacial score (nSPS) is 12.8. The SMILES string of the molecule is NC(c1cccc2ccccc12)C(O)(c1ccccc1)c1ccccc1. The molecule has 0 heterocycles. The third kappa shape index (κ3) is 2.70. The molecule has 1 atom stereocenters. The highest BCUT2D eigenvalue weighted by molar-refractivity contribution is 5.86. The van der Waals surface area contributed by atoms with Gasteiger partial charge in [-0.25, -0.2) is 0 Å². The number of nitrogens with two attached hydrogens (primary N) is 1. The van der Waals surface area contributed by atoms with E-state index in [0.29, 0.717) is 0 Å². The molecule has 4 rings (SSSR count). The van der Waals surface area contributed by atoms with Crippen LogP contribution in [-0.4, -0.2) is 5.11 Å². The van der Waals surface area contributed by atoms with E-state index in [1.807, 2.05) is 84.9 Å². The maximum absolute atomic E-state index is 11.9. The minimum Gasteiger partial charge on any atom is -0.378 e. The standard InChI is InChI=1S/C24H21NO/c25-23(22-17-9-11-18-10-7-8-16-21(18)22)24(26,19-12-3-1-4-13-19)20-14-5-2-6-15-20/h1-17,23,26H,25H2. The van der Waals surface area contributed by atoms with Gasteiger partial charge in [-0.1, -0.05) is 103 Å². The van der Waals surface area contributed by atoms with Crippen LogP contribution in [0.2, 0.25) is 0 Å². The Bertz CT molecular complexity index is 967. The first-order valence-corrected chi connectivity index (χ1v) is 8.78. The van der Waals surface area contributed by atoms with Gasteiger partial charge >= 0.3 is 0 Å². The molecule has 26 heavy (non-hydrogen) atoms. The van der Waals surface area contributed by atoms with Gasteiger partial charge in [0.2, 0.25) is 0 Å². The summed E-state index contributed by atoms with van der Waals surface area (Å²) in [5.74, 6) is 0. The van der Waals surface area contributed by atoms with Crippen molar-refractivity contribution in [1.29, 1.82) is 0 Å². The average molecular weight is 339 g/mol. The molecule has 0 fully saturated rings. The van der Waals surface area contributed by atoms with Crippen LogP contribution in [0.1, 0.15) is 22.7 Å². The van der Waals surface area contributed by atoms with Crippen LogP contribution >= 0.6 is 0 Å². The molecule has 0 saturated heterocycles. The first-order valence-electron chi connectivity index (χ1n) is 8.78. The number of benzene rings is 4. The monoisotopic (exact) mass is 339 g/mol. The quantitative estimate of drug-likeness (QED) is 0.562. The third-order valence-electron chi connectivity index (χ3n) is 5.04. The second-order valence-corrected chi connectivity index (χ2v) is 6.54. The highest BCUT2D eigenvalue weighted by Gasteiger charge is 2.39. The molecule has 0 aliphatic heterocycles. The van der Waals surface area contributed by atoms with Gasteiger partial charge < -0.3 is 10.8 Å². The summed E-state index contributed by atoms with van der Waals surface area (Å²) in [7, 11) is 0. The van der Waals surface area contributed by atoms with Crippen molar-refractivity contribution in [2.24, 2.45) is 5.73 Å². The van der Waals surface area contributed by atoms with E-state index in [9.17, 15) is 5.11 Å². The van der Waals surface area contributed by atoms with Gasteiger partial charge in [0.1, 0.15) is 5.60 Å². The fourth-order valence-corrected chi connectivity index (χ4v) is 3.66. The predicted octanol–water partition coefficient (Wildman–Crippen LogP) is 4.78. The first-order chi connectivity index (χ1) is 12.7. The maximum Gasteiger partial charge on any atom is 0.134 e. The zero-order valence-electron chi connectivity index (χ0n) is 14.4. The summed E-state index contributed by atoms with van der Waals surface area (Å²) in [5, 5.41) is 14.1. The second kappa shape index (κ2) is 6.75. The van der Waals surface area contributed by atoms with E-state index < -0.39 is 11.6 Å². The van der Waals surface area contributed by atoms with Crippen LogP contribution in [0.25, 0.3) is 10.8 Å². The number of aliphatic hydroxyl groups is 1. The van der Waals surface area contributed by atoms with Gasteiger partial charge in [0.05, 0.1) is 6.04 Å². The lowest BCUT2D eigenvalue weighted by Crippen LogP contribution is -2.39. The number of hydrogen-bond donors (Lipinski definition) is 2. The highest BCUT2D eigenvalue weighted by Crippen LogP contribution is 2.41. The van der Waals surface area contributed by atoms with Gasteiger partial charge in [-0.15, -0.1) is 0 Å². The van der Waals surface area contributed by atoms with Crippen LogP contribution in [0.5, 0.6) is 0 Å². The summed E-state index contributed by atoms with van der Waals surface area (Å²) in [6.07, 6.45) is 0. The summed E-state index contributed by atoms with van der Waals surface area (Å²) < 4.78 is 0. The summed E-state index contributed by atoms with van der Waals surface area (Å²) in [6.45, 7) is 0. The van der Waals surface area contributed by atoms with E-state index in [2.05, 4.69) is 18.2 Å². The van der Waals surface area contributed by atoms with Crippen LogP contribution < -0.4 is 5.73 Å². The van der Waals surface area contributed by atoms with Crippen molar-refractivity contribution >= 4 is 10.8 Å². The molecule has 0 bridgehead atoms. The Morgan fingerprint density at radius 1 is 0.615 bits per heavy atom. The molecule has 128 valence electrons. The van der Waals surface area contributed by atoms with Crippen LogP contribution in [0.3, 0.4) is 0 Å². The Balaban J connectivity index is 1.95. The molecule has 2 heteroatoms. The maximum atomic E-state index is 11.9. The van der Waals surface area contributed by atoms with Gasteiger partial charge in [-0.2, -0.15) is 0 Å². The Hall–Kier alpha value is -2.94. The predicted molar refractivity (Wildman–Crippen MR) is 107 cm³/mol. The smallest absolute Gasteiger partial charge is 0.134 e. The van der Waals surface area contributed by atoms with E-state index in [1.54, 1.807) is 0 Å². The number of rotatable bonds is 4. The van der Waals surface area contributed by atoms with Crippen LogP contribution in [0.4, 0.5) is 0 Å². The molecule has 1 unspecified atom stereocenters. The molecule has 0 radical (unpaired) electrons. The van der Waals surface area contributed by atoms with Crippen molar-refractivity contribution < 1.29 is 5.11 Å². The highest BCUT2D eigenvalue weighted by atomic mass is 16.3. The van der Waals surface area contributed by atoms with Crippen molar-refractivity contribution in [2.45, 2.75) is 11.6 Å². The molecule has 0 aromatic heterocycles. The fourth-order valence-electron chi connectivity index (χ4n) is 3.66. The Morgan fingerprint density at radius 3 is 1.73 bits per heavy atom. The fraction of sp³-hybridized carbons (Fsp3) is 0.0833. The minimum atomic E-state index is -1.33. The second-order valence-electron chi connectivity index (χ2n) is 6.54. The molecule has 0 aliphatic carbocycles. The topological polar surface area (TPSA) is 46.2 Å².